The normalized spacial score (nSPS) is 9.00. The Balaban J connectivity index is 2.62. The third kappa shape index (κ3) is 0.997. The molecule has 0 unspecified atom stereocenters. The van der Waals surface area contributed by atoms with Gasteiger partial charge in [0.25, 0.3) is 0 Å². The van der Waals surface area contributed by atoms with Crippen molar-refractivity contribution in [3.05, 3.63) is 36.8 Å². The van der Waals surface area contributed by atoms with Crippen molar-refractivity contribution in [1.82, 2.24) is 0 Å². The zero-order chi connectivity index (χ0) is 5.82. The van der Waals surface area contributed by atoms with Crippen LogP contribution in [0, 0.1) is 6.58 Å². The highest BCUT2D eigenvalue weighted by Crippen LogP contribution is 1.99. The lowest BCUT2D eigenvalue weighted by Crippen LogP contribution is -1.69. The molecule has 0 atom stereocenters. The first kappa shape index (κ1) is 5.16. The third-order valence-electron chi connectivity index (χ3n) is 0.934. The Morgan fingerprint density at radius 1 is 1.75 bits per heavy atom. The second kappa shape index (κ2) is 2.36. The Kier molecular flexibility index (Phi) is 1.52. The van der Waals surface area contributed by atoms with Gasteiger partial charge in [-0.15, -0.1) is 0 Å². The smallest absolute Gasteiger partial charge is 0.0937 e. The monoisotopic (exact) mass is 107 g/mol. The molecule has 1 radical (unpaired) electrons. The summed E-state index contributed by atoms with van der Waals surface area (Å²) >= 11 is 0. The van der Waals surface area contributed by atoms with Gasteiger partial charge in [-0.3, -0.25) is 0 Å². The Morgan fingerprint density at radius 3 is 3.12 bits per heavy atom. The molecule has 1 aromatic rings. The van der Waals surface area contributed by atoms with Gasteiger partial charge < -0.3 is 4.42 Å². The van der Waals surface area contributed by atoms with Crippen LogP contribution in [0.5, 0.6) is 0 Å². The average molecular weight is 107 g/mol. The van der Waals surface area contributed by atoms with Gasteiger partial charge in [-0.05, 0) is 18.1 Å². The van der Waals surface area contributed by atoms with E-state index in [1.807, 2.05) is 6.07 Å². The predicted molar refractivity (Wildman–Crippen MR) is 31.3 cm³/mol. The highest BCUT2D eigenvalue weighted by molar-refractivity contribution is 5.08. The van der Waals surface area contributed by atoms with E-state index in [-0.39, 0.29) is 0 Å². The molecule has 0 spiro atoms. The molecule has 0 bridgehead atoms. The lowest BCUT2D eigenvalue weighted by Gasteiger charge is -1.79. The molecule has 0 aliphatic rings. The van der Waals surface area contributed by atoms with Crippen molar-refractivity contribution < 1.29 is 4.42 Å². The summed E-state index contributed by atoms with van der Waals surface area (Å²) in [5.41, 5.74) is 1.12. The predicted octanol–water partition coefficient (Wildman–Crippen LogP) is 1.81. The van der Waals surface area contributed by atoms with E-state index in [4.69, 9.17) is 11.0 Å². The Labute approximate surface area is 48.6 Å². The minimum Gasteiger partial charge on any atom is -0.472 e. The van der Waals surface area contributed by atoms with E-state index >= 15 is 0 Å². The summed E-state index contributed by atoms with van der Waals surface area (Å²) in [6, 6.07) is 1.89. The Morgan fingerprint density at radius 2 is 2.62 bits per heavy atom. The van der Waals surface area contributed by atoms with Gasteiger partial charge in [-0.2, -0.15) is 0 Å². The van der Waals surface area contributed by atoms with E-state index < -0.39 is 0 Å². The van der Waals surface area contributed by atoms with E-state index in [9.17, 15) is 0 Å². The van der Waals surface area contributed by atoms with Crippen molar-refractivity contribution in [2.45, 2.75) is 6.42 Å². The van der Waals surface area contributed by atoms with Gasteiger partial charge in [0.05, 0.1) is 12.5 Å². The number of hydrogen-bond acceptors (Lipinski definition) is 1. The number of allylic oxidation sites excluding steroid dienone is 1. The molecule has 0 N–H and O–H groups in total. The van der Waals surface area contributed by atoms with Gasteiger partial charge in [-0.1, -0.05) is 12.7 Å². The maximum Gasteiger partial charge on any atom is 0.0937 e. The van der Waals surface area contributed by atoms with Crippen molar-refractivity contribution >= 4 is 0 Å². The maximum atomic E-state index is 5.15. The second-order valence-electron chi connectivity index (χ2n) is 1.57. The zero-order valence-corrected chi connectivity index (χ0v) is 4.50. The fraction of sp³-hybridized carbons (Fsp3) is 0.143. The summed E-state index contributed by atoms with van der Waals surface area (Å²) in [5.74, 6) is 0. The van der Waals surface area contributed by atoms with Gasteiger partial charge in [0.2, 0.25) is 0 Å². The minimum atomic E-state index is 0.788. The Hall–Kier alpha value is -0.980. The van der Waals surface area contributed by atoms with E-state index in [1.165, 1.54) is 0 Å². The van der Waals surface area contributed by atoms with Crippen LogP contribution in [0.2, 0.25) is 0 Å². The first-order valence-corrected chi connectivity index (χ1v) is 2.48. The van der Waals surface area contributed by atoms with Crippen LogP contribution < -0.4 is 0 Å². The van der Waals surface area contributed by atoms with Crippen molar-refractivity contribution in [3.63, 3.8) is 0 Å². The van der Waals surface area contributed by atoms with Crippen molar-refractivity contribution in [2.24, 2.45) is 0 Å². The fourth-order valence-electron chi connectivity index (χ4n) is 0.545. The molecule has 0 aliphatic heterocycles. The summed E-state index contributed by atoms with van der Waals surface area (Å²) < 4.78 is 4.79. The first-order valence-electron chi connectivity index (χ1n) is 2.48. The molecule has 0 fully saturated rings. The first-order chi connectivity index (χ1) is 3.93. The van der Waals surface area contributed by atoms with Crippen LogP contribution in [0.1, 0.15) is 5.56 Å². The maximum absolute atomic E-state index is 5.15. The lowest BCUT2D eigenvalue weighted by atomic mass is 10.2. The molecule has 1 heterocycles. The molecule has 0 saturated heterocycles. The van der Waals surface area contributed by atoms with Crippen LogP contribution in [-0.4, -0.2) is 0 Å². The van der Waals surface area contributed by atoms with Crippen molar-refractivity contribution in [3.8, 4) is 0 Å². The van der Waals surface area contributed by atoms with Gasteiger partial charge in [0.15, 0.2) is 0 Å². The summed E-state index contributed by atoms with van der Waals surface area (Å²) in [7, 11) is 0. The van der Waals surface area contributed by atoms with Crippen LogP contribution in [0.4, 0.5) is 0 Å². The number of hydrogen-bond donors (Lipinski definition) is 0. The van der Waals surface area contributed by atoms with E-state index in [0.717, 1.165) is 12.0 Å². The van der Waals surface area contributed by atoms with Gasteiger partial charge >= 0.3 is 0 Å². The molecule has 8 heavy (non-hydrogen) atoms. The summed E-state index contributed by atoms with van der Waals surface area (Å²) in [6.07, 6.45) is 5.71. The van der Waals surface area contributed by atoms with E-state index in [2.05, 4.69) is 0 Å². The molecular formula is C7H7O. The molecule has 0 amide bonds. The quantitative estimate of drug-likeness (QED) is 0.561. The SMILES string of the molecule is [CH]=CCc1ccoc1. The number of rotatable bonds is 2. The van der Waals surface area contributed by atoms with Crippen LogP contribution in [0.3, 0.4) is 0 Å². The van der Waals surface area contributed by atoms with E-state index in [0.29, 0.717) is 0 Å². The molecule has 0 aliphatic carbocycles. The average Bonchev–Trinajstić information content (AvgIpc) is 2.19. The minimum absolute atomic E-state index is 0.788. The molecular weight excluding hydrogens is 100 g/mol. The fourth-order valence-corrected chi connectivity index (χ4v) is 0.545. The number of furan rings is 1. The molecule has 0 aromatic carbocycles. The molecule has 1 aromatic heterocycles. The molecule has 41 valence electrons. The highest BCUT2D eigenvalue weighted by Gasteiger charge is 1.85. The summed E-state index contributed by atoms with van der Waals surface area (Å²) in [6.45, 7) is 5.15. The third-order valence-corrected chi connectivity index (χ3v) is 0.934. The van der Waals surface area contributed by atoms with Crippen molar-refractivity contribution in [1.29, 1.82) is 0 Å². The van der Waals surface area contributed by atoms with Crippen molar-refractivity contribution in [2.75, 3.05) is 0 Å². The standard InChI is InChI=1S/C7H7O/c1-2-3-7-4-5-8-6-7/h1-2,4-6H,3H2. The molecule has 1 rings (SSSR count). The van der Waals surface area contributed by atoms with Gasteiger partial charge in [-0.25, -0.2) is 0 Å². The van der Waals surface area contributed by atoms with Crippen LogP contribution in [-0.2, 0) is 6.42 Å². The Bertz CT molecular complexity index is 151. The van der Waals surface area contributed by atoms with Gasteiger partial charge in [0, 0.05) is 0 Å². The zero-order valence-electron chi connectivity index (χ0n) is 4.50. The van der Waals surface area contributed by atoms with Crippen LogP contribution in [0.25, 0.3) is 0 Å². The molecule has 0 saturated carbocycles. The highest BCUT2D eigenvalue weighted by atomic mass is 16.3. The molecule has 1 nitrogen and oxygen atoms in total. The summed E-state index contributed by atoms with van der Waals surface area (Å²) in [5, 5.41) is 0. The molecule has 1 heteroatoms. The van der Waals surface area contributed by atoms with Crippen LogP contribution in [0.15, 0.2) is 29.1 Å². The largest absolute Gasteiger partial charge is 0.472 e. The lowest BCUT2D eigenvalue weighted by molar-refractivity contribution is 0.565. The van der Waals surface area contributed by atoms with E-state index in [1.54, 1.807) is 18.6 Å². The van der Waals surface area contributed by atoms with Gasteiger partial charge in [0.1, 0.15) is 0 Å². The topological polar surface area (TPSA) is 13.1 Å². The summed E-state index contributed by atoms with van der Waals surface area (Å²) in [4.78, 5) is 0. The van der Waals surface area contributed by atoms with Crippen LogP contribution >= 0.6 is 0 Å². The second-order valence-corrected chi connectivity index (χ2v) is 1.57.